The van der Waals surface area contributed by atoms with Crippen LogP contribution in [0.1, 0.15) is 52.4 Å². The van der Waals surface area contributed by atoms with Crippen LogP contribution >= 0.6 is 0 Å². The van der Waals surface area contributed by atoms with Crippen molar-refractivity contribution in [2.45, 2.75) is 76.4 Å². The predicted octanol–water partition coefficient (Wildman–Crippen LogP) is 2.45. The van der Waals surface area contributed by atoms with Gasteiger partial charge in [-0.1, -0.05) is 13.8 Å². The Hall–Kier alpha value is -0.230. The molecule has 2 saturated heterocycles. The van der Waals surface area contributed by atoms with E-state index >= 15 is 0 Å². The number of alkyl halides is 1. The smallest absolute Gasteiger partial charge is 0.126 e. The molecule has 0 spiro atoms. The monoisotopic (exact) mass is 330 g/mol. The van der Waals surface area contributed by atoms with Gasteiger partial charge in [-0.3, -0.25) is 4.90 Å². The largest absolute Gasteiger partial charge is 0.393 e. The fourth-order valence-corrected chi connectivity index (χ4v) is 3.70. The molecule has 1 N–H and O–H groups in total. The van der Waals surface area contributed by atoms with Crippen molar-refractivity contribution in [1.82, 2.24) is 9.80 Å². The lowest BCUT2D eigenvalue weighted by Gasteiger charge is -2.41. The second kappa shape index (κ2) is 8.75. The standard InChI is InChI=1S/C16H29FN2O2.C2H6/c1-18-8-4-16(17,5-9-18)12-19-6-2-14(3-7-19)21-15-10-13(20)11-15;1-2/h13-15,20H,2-12H2,1H3;1-2H3. The Morgan fingerprint density at radius 2 is 1.61 bits per heavy atom. The van der Waals surface area contributed by atoms with Gasteiger partial charge in [-0.05, 0) is 45.6 Å². The number of nitrogens with zero attached hydrogens (tertiary/aromatic N) is 2. The van der Waals surface area contributed by atoms with Gasteiger partial charge in [0.15, 0.2) is 0 Å². The summed E-state index contributed by atoms with van der Waals surface area (Å²) in [4.78, 5) is 4.49. The van der Waals surface area contributed by atoms with Gasteiger partial charge in [-0.25, -0.2) is 4.39 Å². The fourth-order valence-electron chi connectivity index (χ4n) is 3.70. The van der Waals surface area contributed by atoms with Crippen LogP contribution in [0.25, 0.3) is 0 Å². The Bertz CT molecular complexity index is 334. The van der Waals surface area contributed by atoms with Crippen molar-refractivity contribution >= 4 is 0 Å². The lowest BCUT2D eigenvalue weighted by Crippen LogP contribution is -2.50. The predicted molar refractivity (Wildman–Crippen MR) is 91.5 cm³/mol. The molecule has 2 aliphatic heterocycles. The van der Waals surface area contributed by atoms with Crippen LogP contribution in [0.4, 0.5) is 4.39 Å². The molecule has 0 radical (unpaired) electrons. The quantitative estimate of drug-likeness (QED) is 0.859. The molecule has 0 unspecified atom stereocenters. The van der Waals surface area contributed by atoms with Crippen molar-refractivity contribution in [1.29, 1.82) is 0 Å². The molecule has 0 atom stereocenters. The van der Waals surface area contributed by atoms with Gasteiger partial charge < -0.3 is 14.7 Å². The first-order valence-electron chi connectivity index (χ1n) is 9.46. The molecule has 2 heterocycles. The van der Waals surface area contributed by atoms with Crippen LogP contribution in [-0.2, 0) is 4.74 Å². The molecule has 0 aromatic carbocycles. The third-order valence-electron chi connectivity index (χ3n) is 5.38. The number of piperidine rings is 2. The van der Waals surface area contributed by atoms with Crippen molar-refractivity contribution in [3.05, 3.63) is 0 Å². The molecule has 0 bridgehead atoms. The normalized spacial score (nSPS) is 32.7. The van der Waals surface area contributed by atoms with E-state index in [-0.39, 0.29) is 12.2 Å². The summed E-state index contributed by atoms with van der Waals surface area (Å²) >= 11 is 0. The summed E-state index contributed by atoms with van der Waals surface area (Å²) in [7, 11) is 2.07. The molecule has 0 aromatic rings. The molecule has 23 heavy (non-hydrogen) atoms. The van der Waals surface area contributed by atoms with E-state index < -0.39 is 5.67 Å². The van der Waals surface area contributed by atoms with Crippen LogP contribution < -0.4 is 0 Å². The summed E-state index contributed by atoms with van der Waals surface area (Å²) in [5.41, 5.74) is -0.988. The van der Waals surface area contributed by atoms with Crippen LogP contribution in [0.2, 0.25) is 0 Å². The minimum absolute atomic E-state index is 0.147. The molecule has 3 fully saturated rings. The highest BCUT2D eigenvalue weighted by molar-refractivity contribution is 4.90. The molecule has 0 aromatic heterocycles. The Balaban J connectivity index is 0.000000924. The summed E-state index contributed by atoms with van der Waals surface area (Å²) in [5, 5.41) is 9.29. The van der Waals surface area contributed by atoms with Gasteiger partial charge in [-0.2, -0.15) is 0 Å². The topological polar surface area (TPSA) is 35.9 Å². The van der Waals surface area contributed by atoms with Crippen molar-refractivity contribution < 1.29 is 14.2 Å². The van der Waals surface area contributed by atoms with Crippen molar-refractivity contribution in [2.24, 2.45) is 0 Å². The van der Waals surface area contributed by atoms with Crippen LogP contribution in [0.5, 0.6) is 0 Å². The van der Waals surface area contributed by atoms with E-state index in [1.54, 1.807) is 0 Å². The van der Waals surface area contributed by atoms with E-state index in [9.17, 15) is 9.50 Å². The number of hydrogen-bond acceptors (Lipinski definition) is 4. The first-order valence-corrected chi connectivity index (χ1v) is 9.46. The van der Waals surface area contributed by atoms with E-state index in [2.05, 4.69) is 16.8 Å². The van der Waals surface area contributed by atoms with E-state index in [1.807, 2.05) is 13.8 Å². The number of aliphatic hydroxyl groups is 1. The molecular formula is C18H35FN2O2. The molecule has 0 amide bonds. The lowest BCUT2D eigenvalue weighted by atomic mass is 9.91. The molecular weight excluding hydrogens is 295 g/mol. The molecule has 5 heteroatoms. The zero-order valence-corrected chi connectivity index (χ0v) is 15.1. The van der Waals surface area contributed by atoms with E-state index in [0.717, 1.165) is 51.9 Å². The Labute approximate surface area is 141 Å². The third-order valence-corrected chi connectivity index (χ3v) is 5.38. The zero-order chi connectivity index (χ0) is 16.9. The first kappa shape index (κ1) is 19.1. The maximum Gasteiger partial charge on any atom is 0.126 e. The average Bonchev–Trinajstić information content (AvgIpc) is 2.53. The summed E-state index contributed by atoms with van der Waals surface area (Å²) < 4.78 is 20.8. The van der Waals surface area contributed by atoms with Gasteiger partial charge in [0.1, 0.15) is 5.67 Å². The minimum Gasteiger partial charge on any atom is -0.393 e. The first-order chi connectivity index (χ1) is 11.0. The molecule has 136 valence electrons. The molecule has 3 aliphatic rings. The summed E-state index contributed by atoms with van der Waals surface area (Å²) in [6.45, 7) is 8.23. The maximum atomic E-state index is 14.8. The highest BCUT2D eigenvalue weighted by atomic mass is 19.1. The molecule has 3 rings (SSSR count). The van der Waals surface area contributed by atoms with Gasteiger partial charge in [0.25, 0.3) is 0 Å². The van der Waals surface area contributed by atoms with E-state index in [0.29, 0.717) is 25.5 Å². The summed E-state index contributed by atoms with van der Waals surface area (Å²) in [6.07, 6.45) is 5.35. The summed E-state index contributed by atoms with van der Waals surface area (Å²) in [5.74, 6) is 0. The number of likely N-dealkylation sites (tertiary alicyclic amines) is 2. The Morgan fingerprint density at radius 3 is 2.13 bits per heavy atom. The lowest BCUT2D eigenvalue weighted by molar-refractivity contribution is -0.119. The van der Waals surface area contributed by atoms with Gasteiger partial charge in [0, 0.05) is 32.7 Å². The number of hydrogen-bond donors (Lipinski definition) is 1. The van der Waals surface area contributed by atoms with Crippen LogP contribution in [-0.4, -0.2) is 78.7 Å². The fraction of sp³-hybridized carbons (Fsp3) is 1.00. The van der Waals surface area contributed by atoms with Gasteiger partial charge in [-0.15, -0.1) is 0 Å². The van der Waals surface area contributed by atoms with Crippen LogP contribution in [0.15, 0.2) is 0 Å². The van der Waals surface area contributed by atoms with E-state index in [1.165, 1.54) is 0 Å². The van der Waals surface area contributed by atoms with Crippen LogP contribution in [0, 0.1) is 0 Å². The number of halogens is 1. The van der Waals surface area contributed by atoms with Crippen molar-refractivity contribution in [3.8, 4) is 0 Å². The number of ether oxygens (including phenoxy) is 1. The minimum atomic E-state index is -0.988. The zero-order valence-electron chi connectivity index (χ0n) is 15.1. The maximum absolute atomic E-state index is 14.8. The van der Waals surface area contributed by atoms with Gasteiger partial charge in [0.2, 0.25) is 0 Å². The second-order valence-electron chi connectivity index (χ2n) is 7.31. The van der Waals surface area contributed by atoms with Gasteiger partial charge in [0.05, 0.1) is 18.3 Å². The molecule has 4 nitrogen and oxygen atoms in total. The SMILES string of the molecule is CC.CN1CCC(F)(CN2CCC(OC3CC(O)C3)CC2)CC1. The molecule has 1 saturated carbocycles. The Kier molecular flexibility index (Phi) is 7.26. The molecule has 1 aliphatic carbocycles. The average molecular weight is 330 g/mol. The second-order valence-corrected chi connectivity index (χ2v) is 7.31. The number of aliphatic hydroxyl groups excluding tert-OH is 1. The van der Waals surface area contributed by atoms with Crippen molar-refractivity contribution in [3.63, 3.8) is 0 Å². The van der Waals surface area contributed by atoms with Crippen molar-refractivity contribution in [2.75, 3.05) is 39.8 Å². The third kappa shape index (κ3) is 5.66. The Morgan fingerprint density at radius 1 is 1.04 bits per heavy atom. The summed E-state index contributed by atoms with van der Waals surface area (Å²) in [6, 6.07) is 0. The van der Waals surface area contributed by atoms with E-state index in [4.69, 9.17) is 4.74 Å². The number of rotatable bonds is 4. The highest BCUT2D eigenvalue weighted by Crippen LogP contribution is 2.30. The highest BCUT2D eigenvalue weighted by Gasteiger charge is 2.37. The van der Waals surface area contributed by atoms with Gasteiger partial charge >= 0.3 is 0 Å². The van der Waals surface area contributed by atoms with Crippen LogP contribution in [0.3, 0.4) is 0 Å².